The molecular weight excluding hydrogens is 518 g/mol. The molecule has 1 aromatic carbocycles. The van der Waals surface area contributed by atoms with Gasteiger partial charge in [0, 0.05) is 24.0 Å². The Morgan fingerprint density at radius 3 is 2.62 bits per heavy atom. The summed E-state index contributed by atoms with van der Waals surface area (Å²) in [6.07, 6.45) is -0.567. The van der Waals surface area contributed by atoms with E-state index in [1.165, 1.54) is 25.0 Å². The third-order valence-electron chi connectivity index (χ3n) is 7.12. The van der Waals surface area contributed by atoms with Crippen LogP contribution in [-0.4, -0.2) is 42.1 Å². The first-order valence-electron chi connectivity index (χ1n) is 12.5. The molecule has 0 radical (unpaired) electrons. The molecule has 3 aromatic heterocycles. The average Bonchev–Trinajstić information content (AvgIpc) is 3.57. The van der Waals surface area contributed by atoms with E-state index in [9.17, 15) is 27.5 Å². The molecule has 13 heteroatoms. The van der Waals surface area contributed by atoms with Crippen LogP contribution in [0.25, 0.3) is 16.9 Å². The van der Waals surface area contributed by atoms with Gasteiger partial charge in [0.05, 0.1) is 0 Å². The Bertz CT molecular complexity index is 1670. The standard InChI is InChI=1S/C26H25F4N7O2/c1-24(2,39)20-18(27)5-6-19(34-20)37-21-16(22(38)36(37)13-26(28,29)30)12-31-23(35-21)33-15-3-4-17-14(11-15)7-10-32-25(17)8-9-25/h3-6,11-12,32,39H,7-10,13H2,1-2H3,(H,31,33,35). The van der Waals surface area contributed by atoms with Crippen LogP contribution in [0, 0.1) is 5.82 Å². The van der Waals surface area contributed by atoms with E-state index >= 15 is 0 Å². The van der Waals surface area contributed by atoms with Gasteiger partial charge < -0.3 is 15.7 Å². The number of nitrogens with one attached hydrogen (secondary N) is 2. The van der Waals surface area contributed by atoms with Crippen molar-refractivity contribution < 1.29 is 22.7 Å². The van der Waals surface area contributed by atoms with Gasteiger partial charge in [-0.2, -0.15) is 18.2 Å². The summed E-state index contributed by atoms with van der Waals surface area (Å²) in [7, 11) is 0. The van der Waals surface area contributed by atoms with E-state index < -0.39 is 35.4 Å². The van der Waals surface area contributed by atoms with Gasteiger partial charge >= 0.3 is 6.18 Å². The molecule has 0 atom stereocenters. The Balaban J connectivity index is 1.46. The topological polar surface area (TPSA) is 110 Å². The highest BCUT2D eigenvalue weighted by molar-refractivity contribution is 5.77. The molecule has 0 unspecified atom stereocenters. The van der Waals surface area contributed by atoms with Gasteiger partial charge in [-0.05, 0) is 68.5 Å². The molecule has 1 saturated carbocycles. The van der Waals surface area contributed by atoms with Crippen LogP contribution in [0.4, 0.5) is 29.2 Å². The molecule has 4 aromatic rings. The maximum Gasteiger partial charge on any atom is 0.408 e. The molecule has 0 amide bonds. The number of fused-ring (bicyclic) bond motifs is 3. The number of alkyl halides is 3. The maximum absolute atomic E-state index is 14.4. The monoisotopic (exact) mass is 543 g/mol. The van der Waals surface area contributed by atoms with Crippen molar-refractivity contribution in [3.63, 3.8) is 0 Å². The van der Waals surface area contributed by atoms with E-state index in [-0.39, 0.29) is 28.3 Å². The maximum atomic E-state index is 14.4. The normalized spacial score (nSPS) is 16.5. The first kappa shape index (κ1) is 25.4. The molecule has 39 heavy (non-hydrogen) atoms. The Hall–Kier alpha value is -3.84. The molecule has 1 fully saturated rings. The minimum atomic E-state index is -4.75. The first-order chi connectivity index (χ1) is 18.3. The van der Waals surface area contributed by atoms with E-state index in [4.69, 9.17) is 0 Å². The summed E-state index contributed by atoms with van der Waals surface area (Å²) in [6.45, 7) is 1.82. The van der Waals surface area contributed by atoms with Gasteiger partial charge in [-0.3, -0.25) is 4.79 Å². The number of aliphatic hydroxyl groups is 1. The molecule has 6 rings (SSSR count). The van der Waals surface area contributed by atoms with Crippen molar-refractivity contribution in [3.05, 3.63) is 69.5 Å². The van der Waals surface area contributed by atoms with Crippen molar-refractivity contribution in [1.82, 2.24) is 29.6 Å². The van der Waals surface area contributed by atoms with Crippen molar-refractivity contribution >= 4 is 22.7 Å². The number of hydrogen-bond donors (Lipinski definition) is 3. The fourth-order valence-electron chi connectivity index (χ4n) is 5.19. The molecule has 1 aliphatic carbocycles. The number of pyridine rings is 1. The van der Waals surface area contributed by atoms with Crippen LogP contribution in [0.2, 0.25) is 0 Å². The fraction of sp³-hybridized carbons (Fsp3) is 0.385. The van der Waals surface area contributed by atoms with Gasteiger partial charge in [0.25, 0.3) is 5.56 Å². The number of hydrogen-bond acceptors (Lipinski definition) is 7. The Kier molecular flexibility index (Phi) is 5.60. The lowest BCUT2D eigenvalue weighted by Crippen LogP contribution is -2.36. The van der Waals surface area contributed by atoms with Crippen LogP contribution in [0.5, 0.6) is 0 Å². The van der Waals surface area contributed by atoms with Crippen LogP contribution in [0.3, 0.4) is 0 Å². The summed E-state index contributed by atoms with van der Waals surface area (Å²) < 4.78 is 56.2. The average molecular weight is 544 g/mol. The van der Waals surface area contributed by atoms with Crippen LogP contribution in [0.1, 0.15) is 43.5 Å². The van der Waals surface area contributed by atoms with Crippen LogP contribution >= 0.6 is 0 Å². The lowest BCUT2D eigenvalue weighted by Gasteiger charge is -2.27. The Morgan fingerprint density at radius 1 is 1.15 bits per heavy atom. The predicted molar refractivity (Wildman–Crippen MR) is 135 cm³/mol. The molecule has 204 valence electrons. The number of rotatable bonds is 5. The molecule has 0 saturated heterocycles. The molecule has 3 N–H and O–H groups in total. The van der Waals surface area contributed by atoms with Gasteiger partial charge in [0.15, 0.2) is 11.5 Å². The lowest BCUT2D eigenvalue weighted by atomic mass is 9.92. The minimum absolute atomic E-state index is 0.0558. The van der Waals surface area contributed by atoms with E-state index in [1.54, 1.807) is 0 Å². The van der Waals surface area contributed by atoms with E-state index in [2.05, 4.69) is 25.6 Å². The number of nitrogens with zero attached hydrogens (tertiary/aromatic N) is 5. The van der Waals surface area contributed by atoms with Gasteiger partial charge in [0.2, 0.25) is 5.95 Å². The second kappa shape index (κ2) is 8.58. The van der Waals surface area contributed by atoms with E-state index in [0.29, 0.717) is 10.4 Å². The molecular formula is C26H25F4N7O2. The molecule has 4 heterocycles. The second-order valence-corrected chi connectivity index (χ2v) is 10.5. The predicted octanol–water partition coefficient (Wildman–Crippen LogP) is 3.78. The van der Waals surface area contributed by atoms with E-state index in [1.807, 2.05) is 18.2 Å². The second-order valence-electron chi connectivity index (χ2n) is 10.5. The third kappa shape index (κ3) is 4.55. The Morgan fingerprint density at radius 2 is 1.92 bits per heavy atom. The largest absolute Gasteiger partial charge is 0.408 e. The van der Waals surface area contributed by atoms with Gasteiger partial charge in [0.1, 0.15) is 29.0 Å². The molecule has 1 aliphatic heterocycles. The van der Waals surface area contributed by atoms with E-state index in [0.717, 1.165) is 48.8 Å². The number of aromatic nitrogens is 5. The fourth-order valence-corrected chi connectivity index (χ4v) is 5.19. The van der Waals surface area contributed by atoms with Crippen molar-refractivity contribution in [3.8, 4) is 5.82 Å². The van der Waals surface area contributed by atoms with Crippen molar-refractivity contribution in [2.75, 3.05) is 11.9 Å². The Labute approximate surface area is 219 Å². The van der Waals surface area contributed by atoms with Crippen molar-refractivity contribution in [2.24, 2.45) is 0 Å². The van der Waals surface area contributed by atoms with Gasteiger partial charge in [-0.1, -0.05) is 6.07 Å². The van der Waals surface area contributed by atoms with Crippen molar-refractivity contribution in [2.45, 2.75) is 57.0 Å². The highest BCUT2D eigenvalue weighted by Crippen LogP contribution is 2.49. The van der Waals surface area contributed by atoms with Gasteiger partial charge in [-0.25, -0.2) is 23.7 Å². The quantitative estimate of drug-likeness (QED) is 0.329. The SMILES string of the molecule is CC(C)(O)c1nc(-n2c3nc(Nc4ccc5c(c4)CCNC54CC4)ncc3c(=O)n2CC(F)(F)F)ccc1F. The molecule has 1 spiro atoms. The summed E-state index contributed by atoms with van der Waals surface area (Å²) >= 11 is 0. The third-order valence-corrected chi connectivity index (χ3v) is 7.12. The summed E-state index contributed by atoms with van der Waals surface area (Å²) in [5, 5.41) is 16.8. The van der Waals surface area contributed by atoms with Crippen LogP contribution < -0.4 is 16.2 Å². The highest BCUT2D eigenvalue weighted by atomic mass is 19.4. The highest BCUT2D eigenvalue weighted by Gasteiger charge is 2.46. The smallest absolute Gasteiger partial charge is 0.384 e. The number of halogens is 4. The summed E-state index contributed by atoms with van der Waals surface area (Å²) in [5.74, 6) is -1.01. The van der Waals surface area contributed by atoms with Crippen molar-refractivity contribution in [1.29, 1.82) is 0 Å². The molecule has 2 aliphatic rings. The van der Waals surface area contributed by atoms with Crippen LogP contribution in [0.15, 0.2) is 41.3 Å². The summed E-state index contributed by atoms with van der Waals surface area (Å²) in [4.78, 5) is 25.6. The molecule has 0 bridgehead atoms. The lowest BCUT2D eigenvalue weighted by molar-refractivity contribution is -0.144. The zero-order chi connectivity index (χ0) is 27.7. The zero-order valence-electron chi connectivity index (χ0n) is 21.1. The number of anilines is 2. The van der Waals surface area contributed by atoms with Gasteiger partial charge in [-0.15, -0.1) is 0 Å². The zero-order valence-corrected chi connectivity index (χ0v) is 21.1. The summed E-state index contributed by atoms with van der Waals surface area (Å²) in [6, 6.07) is 8.03. The summed E-state index contributed by atoms with van der Waals surface area (Å²) in [5.41, 5.74) is -0.0540. The van der Waals surface area contributed by atoms with Crippen LogP contribution in [-0.2, 0) is 24.1 Å². The number of benzene rings is 1. The minimum Gasteiger partial charge on any atom is -0.384 e. The first-order valence-corrected chi connectivity index (χ1v) is 12.5. The molecule has 9 nitrogen and oxygen atoms in total.